The average molecular weight is 350 g/mol. The fraction of sp³-hybridized carbons (Fsp3) is 0.786. The molecule has 9 heteroatoms. The van der Waals surface area contributed by atoms with Gasteiger partial charge in [-0.15, -0.1) is 0 Å². The van der Waals surface area contributed by atoms with Crippen LogP contribution >= 0.6 is 7.14 Å². The van der Waals surface area contributed by atoms with Crippen LogP contribution in [0.15, 0.2) is 0 Å². The van der Waals surface area contributed by atoms with E-state index in [0.29, 0.717) is 0 Å². The third kappa shape index (κ3) is 4.78. The molecule has 0 amide bonds. The summed E-state index contributed by atoms with van der Waals surface area (Å²) in [5.41, 5.74) is 0. The van der Waals surface area contributed by atoms with Crippen molar-refractivity contribution in [1.82, 2.24) is 0 Å². The van der Waals surface area contributed by atoms with Crippen LogP contribution in [-0.4, -0.2) is 61.5 Å². The Morgan fingerprint density at radius 1 is 0.957 bits per heavy atom. The van der Waals surface area contributed by atoms with E-state index in [1.807, 2.05) is 0 Å². The van der Waals surface area contributed by atoms with Crippen LogP contribution in [0.3, 0.4) is 0 Å². The Hall–Kier alpha value is -1.40. The minimum atomic E-state index is -3.11. The molecule has 23 heavy (non-hydrogen) atoms. The van der Waals surface area contributed by atoms with Crippen molar-refractivity contribution in [3.05, 3.63) is 0 Å². The Morgan fingerprint density at radius 3 is 1.87 bits per heavy atom. The van der Waals surface area contributed by atoms with Gasteiger partial charge in [0, 0.05) is 40.2 Å². The van der Waals surface area contributed by atoms with Gasteiger partial charge in [0.1, 0.15) is 19.3 Å². The van der Waals surface area contributed by atoms with Crippen molar-refractivity contribution in [1.29, 1.82) is 0 Å². The highest BCUT2D eigenvalue weighted by Gasteiger charge is 2.55. The molecule has 0 aromatic carbocycles. The molecule has 0 saturated carbocycles. The van der Waals surface area contributed by atoms with Crippen molar-refractivity contribution < 1.29 is 37.9 Å². The molecule has 1 aliphatic rings. The molecule has 1 rings (SSSR count). The SMILES string of the molecule is CC[P@]1(=O)C[C@@H](OC(C)=O)[C@H](OC)[C@@H](OC(C)=O)[C@H]1OC(C)=O. The van der Waals surface area contributed by atoms with Gasteiger partial charge in [0.25, 0.3) is 0 Å². The van der Waals surface area contributed by atoms with E-state index < -0.39 is 49.2 Å². The zero-order valence-electron chi connectivity index (χ0n) is 13.9. The van der Waals surface area contributed by atoms with Crippen LogP contribution < -0.4 is 0 Å². The average Bonchev–Trinajstić information content (AvgIpc) is 2.42. The second-order valence-corrected chi connectivity index (χ2v) is 8.78. The van der Waals surface area contributed by atoms with Gasteiger partial charge in [0.2, 0.25) is 0 Å². The van der Waals surface area contributed by atoms with Gasteiger partial charge in [-0.2, -0.15) is 0 Å². The largest absolute Gasteiger partial charge is 0.459 e. The highest BCUT2D eigenvalue weighted by Crippen LogP contribution is 2.57. The Labute approximate surface area is 135 Å². The summed E-state index contributed by atoms with van der Waals surface area (Å²) in [5.74, 6) is -2.96. The molecule has 0 aromatic rings. The van der Waals surface area contributed by atoms with E-state index in [0.717, 1.165) is 0 Å². The second kappa shape index (κ2) is 7.93. The van der Waals surface area contributed by atoms with Crippen LogP contribution in [-0.2, 0) is 37.9 Å². The molecular formula is C14H23O8P. The molecule has 1 fully saturated rings. The minimum absolute atomic E-state index is 0.00268. The van der Waals surface area contributed by atoms with Crippen LogP contribution in [0.4, 0.5) is 0 Å². The van der Waals surface area contributed by atoms with E-state index in [1.54, 1.807) is 6.92 Å². The maximum absolute atomic E-state index is 13.2. The summed E-state index contributed by atoms with van der Waals surface area (Å²) >= 11 is 0. The fourth-order valence-electron chi connectivity index (χ4n) is 2.72. The number of carbonyl (C=O) groups is 3. The smallest absolute Gasteiger partial charge is 0.303 e. The Balaban J connectivity index is 3.28. The van der Waals surface area contributed by atoms with Crippen molar-refractivity contribution in [2.24, 2.45) is 0 Å². The molecular weight excluding hydrogens is 327 g/mol. The molecule has 0 N–H and O–H groups in total. The van der Waals surface area contributed by atoms with Gasteiger partial charge in [-0.1, -0.05) is 6.92 Å². The van der Waals surface area contributed by atoms with E-state index in [2.05, 4.69) is 0 Å². The molecule has 0 aromatic heterocycles. The van der Waals surface area contributed by atoms with Gasteiger partial charge in [-0.3, -0.25) is 14.4 Å². The molecule has 132 valence electrons. The van der Waals surface area contributed by atoms with Crippen molar-refractivity contribution in [2.45, 2.75) is 51.9 Å². The second-order valence-electron chi connectivity index (χ2n) is 5.37. The molecule has 0 unspecified atom stereocenters. The van der Waals surface area contributed by atoms with Crippen LogP contribution in [0.25, 0.3) is 0 Å². The van der Waals surface area contributed by atoms with Gasteiger partial charge in [0.05, 0.1) is 0 Å². The molecule has 1 heterocycles. The Kier molecular flexibility index (Phi) is 6.77. The molecule has 1 aliphatic heterocycles. The van der Waals surface area contributed by atoms with Crippen LogP contribution in [0.2, 0.25) is 0 Å². The van der Waals surface area contributed by atoms with Gasteiger partial charge < -0.3 is 23.5 Å². The van der Waals surface area contributed by atoms with Crippen molar-refractivity contribution in [2.75, 3.05) is 19.4 Å². The standard InChI is InChI=1S/C14H23O8P/c1-6-23(18)7-11(20-8(2)15)12(19-5)13(21-9(3)16)14(23)22-10(4)17/h11-14H,6-7H2,1-5H3/t11-,12+,13-,14+,23+/m1/s1. The number of methoxy groups -OCH3 is 1. The topological polar surface area (TPSA) is 105 Å². The summed E-state index contributed by atoms with van der Waals surface area (Å²) in [5, 5.41) is 0. The zero-order valence-corrected chi connectivity index (χ0v) is 14.8. The molecule has 0 bridgehead atoms. The number of rotatable bonds is 5. The lowest BCUT2D eigenvalue weighted by Crippen LogP contribution is -2.56. The highest BCUT2D eigenvalue weighted by atomic mass is 31.2. The van der Waals surface area contributed by atoms with Crippen molar-refractivity contribution >= 4 is 25.0 Å². The van der Waals surface area contributed by atoms with Gasteiger partial charge in [-0.05, 0) is 0 Å². The third-order valence-electron chi connectivity index (χ3n) is 3.64. The summed E-state index contributed by atoms with van der Waals surface area (Å²) in [7, 11) is -1.76. The van der Waals surface area contributed by atoms with Crippen molar-refractivity contribution in [3.63, 3.8) is 0 Å². The number of hydrogen-bond donors (Lipinski definition) is 0. The van der Waals surface area contributed by atoms with Crippen LogP contribution in [0.1, 0.15) is 27.7 Å². The van der Waals surface area contributed by atoms with E-state index >= 15 is 0 Å². The first kappa shape index (κ1) is 19.6. The third-order valence-corrected chi connectivity index (χ3v) is 7.01. The van der Waals surface area contributed by atoms with E-state index in [4.69, 9.17) is 18.9 Å². The summed E-state index contributed by atoms with van der Waals surface area (Å²) in [6.45, 7) is 5.28. The quantitative estimate of drug-likeness (QED) is 0.413. The van der Waals surface area contributed by atoms with Gasteiger partial charge >= 0.3 is 17.9 Å². The first-order valence-electron chi connectivity index (χ1n) is 7.26. The zero-order chi connectivity index (χ0) is 17.8. The number of carbonyl (C=O) groups excluding carboxylic acids is 3. The lowest BCUT2D eigenvalue weighted by molar-refractivity contribution is -0.184. The predicted molar refractivity (Wildman–Crippen MR) is 80.5 cm³/mol. The summed E-state index contributed by atoms with van der Waals surface area (Å²) in [6, 6.07) is 0. The lowest BCUT2D eigenvalue weighted by Gasteiger charge is -2.43. The number of esters is 3. The molecule has 0 spiro atoms. The monoisotopic (exact) mass is 350 g/mol. The van der Waals surface area contributed by atoms with Crippen LogP contribution in [0.5, 0.6) is 0 Å². The summed E-state index contributed by atoms with van der Waals surface area (Å²) < 4.78 is 34.1. The van der Waals surface area contributed by atoms with E-state index in [9.17, 15) is 18.9 Å². The van der Waals surface area contributed by atoms with Gasteiger partial charge in [-0.25, -0.2) is 0 Å². The minimum Gasteiger partial charge on any atom is -0.459 e. The molecule has 8 nitrogen and oxygen atoms in total. The summed E-state index contributed by atoms with van der Waals surface area (Å²) in [4.78, 5) is 34.1. The summed E-state index contributed by atoms with van der Waals surface area (Å²) in [6.07, 6.45) is -2.63. The normalized spacial score (nSPS) is 33.6. The molecule has 0 radical (unpaired) electrons. The van der Waals surface area contributed by atoms with E-state index in [-0.39, 0.29) is 12.3 Å². The van der Waals surface area contributed by atoms with Crippen LogP contribution in [0, 0.1) is 0 Å². The maximum atomic E-state index is 13.2. The molecule has 1 saturated heterocycles. The lowest BCUT2D eigenvalue weighted by atomic mass is 10.1. The Bertz CT molecular complexity index is 517. The predicted octanol–water partition coefficient (Wildman–Crippen LogP) is 1.15. The first-order valence-corrected chi connectivity index (χ1v) is 9.41. The van der Waals surface area contributed by atoms with Gasteiger partial charge in [0.15, 0.2) is 11.9 Å². The van der Waals surface area contributed by atoms with E-state index in [1.165, 1.54) is 27.9 Å². The fourth-order valence-corrected chi connectivity index (χ4v) is 5.54. The highest BCUT2D eigenvalue weighted by molar-refractivity contribution is 7.64. The Morgan fingerprint density at radius 2 is 1.48 bits per heavy atom. The molecule has 5 atom stereocenters. The first-order chi connectivity index (χ1) is 10.6. The number of ether oxygens (including phenoxy) is 4. The molecule has 0 aliphatic carbocycles. The maximum Gasteiger partial charge on any atom is 0.303 e. The van der Waals surface area contributed by atoms with Crippen molar-refractivity contribution in [3.8, 4) is 0 Å². The number of hydrogen-bond acceptors (Lipinski definition) is 8.